The van der Waals surface area contributed by atoms with Gasteiger partial charge in [-0.3, -0.25) is 14.3 Å². The molecule has 0 aliphatic rings. The summed E-state index contributed by atoms with van der Waals surface area (Å²) >= 11 is 10.4. The van der Waals surface area contributed by atoms with Gasteiger partial charge in [0.05, 0.1) is 21.3 Å². The average molecular weight is 613 g/mol. The molecule has 1 unspecified atom stereocenters. The van der Waals surface area contributed by atoms with Crippen molar-refractivity contribution in [3.63, 3.8) is 0 Å². The highest BCUT2D eigenvalue weighted by molar-refractivity contribution is 9.10. The first-order valence-electron chi connectivity index (χ1n) is 10.6. The van der Waals surface area contributed by atoms with Crippen LogP contribution in [0.2, 0.25) is 4.34 Å². The van der Waals surface area contributed by atoms with Crippen molar-refractivity contribution in [1.82, 2.24) is 4.72 Å². The summed E-state index contributed by atoms with van der Waals surface area (Å²) in [6.07, 6.45) is 1.09. The number of amides is 4. The van der Waals surface area contributed by atoms with Gasteiger partial charge in [-0.05, 0) is 70.4 Å². The Morgan fingerprint density at radius 2 is 1.92 bits per heavy atom. The first-order chi connectivity index (χ1) is 17.2. The van der Waals surface area contributed by atoms with Crippen molar-refractivity contribution in [2.24, 2.45) is 0 Å². The topological polar surface area (TPSA) is 120 Å². The van der Waals surface area contributed by atoms with Gasteiger partial charge in [0.15, 0.2) is 11.0 Å². The molecule has 3 aromatic rings. The van der Waals surface area contributed by atoms with Crippen LogP contribution in [0.15, 0.2) is 51.1 Å². The zero-order chi connectivity index (χ0) is 26.4. The lowest BCUT2D eigenvalue weighted by atomic mass is 10.1. The predicted molar refractivity (Wildman–Crippen MR) is 150 cm³/mol. The molecule has 9 nitrogen and oxygen atoms in total. The van der Waals surface area contributed by atoms with Crippen LogP contribution in [0.4, 0.5) is 27.5 Å². The molecule has 0 fully saturated rings. The Morgan fingerprint density at radius 1 is 1.17 bits per heavy atom. The van der Waals surface area contributed by atoms with Gasteiger partial charge in [0.1, 0.15) is 4.21 Å². The number of nitrogens with one attached hydrogen (secondary N) is 4. The minimum Gasteiger partial charge on any atom is -0.387 e. The molecule has 4 amide bonds. The summed E-state index contributed by atoms with van der Waals surface area (Å²) in [5.41, 5.74) is 3.28. The van der Waals surface area contributed by atoms with E-state index in [9.17, 15) is 18.6 Å². The third kappa shape index (κ3) is 6.44. The molecule has 3 rings (SSSR count). The van der Waals surface area contributed by atoms with Crippen LogP contribution in [-0.2, 0) is 22.2 Å². The monoisotopic (exact) mass is 611 g/mol. The van der Waals surface area contributed by atoms with Gasteiger partial charge in [-0.25, -0.2) is 9.00 Å². The number of rotatable bonds is 9. The second-order valence-corrected chi connectivity index (χ2v) is 11.3. The lowest BCUT2D eigenvalue weighted by Crippen LogP contribution is -2.30. The van der Waals surface area contributed by atoms with Crippen molar-refractivity contribution in [2.75, 3.05) is 34.9 Å². The number of hydrogen-bond donors (Lipinski definition) is 4. The third-order valence-corrected chi connectivity index (χ3v) is 8.38. The van der Waals surface area contributed by atoms with Crippen LogP contribution in [-0.4, -0.2) is 36.7 Å². The molecule has 2 aromatic carbocycles. The summed E-state index contributed by atoms with van der Waals surface area (Å²) in [5, 5.41) is 8.23. The highest BCUT2D eigenvalue weighted by Crippen LogP contribution is 2.32. The van der Waals surface area contributed by atoms with Gasteiger partial charge in [-0.1, -0.05) is 18.5 Å². The summed E-state index contributed by atoms with van der Waals surface area (Å²) in [6, 6.07) is 11.0. The molecule has 0 bridgehead atoms. The van der Waals surface area contributed by atoms with Gasteiger partial charge >= 0.3 is 6.03 Å². The zero-order valence-electron chi connectivity index (χ0n) is 19.5. The van der Waals surface area contributed by atoms with Crippen molar-refractivity contribution >= 4 is 91.0 Å². The quantitative estimate of drug-likeness (QED) is 0.239. The van der Waals surface area contributed by atoms with Gasteiger partial charge in [0.2, 0.25) is 6.41 Å². The summed E-state index contributed by atoms with van der Waals surface area (Å²) in [4.78, 5) is 38.3. The predicted octanol–water partition coefficient (Wildman–Crippen LogP) is 5.46. The highest BCUT2D eigenvalue weighted by atomic mass is 79.9. The first-order valence-corrected chi connectivity index (χ1v) is 13.7. The van der Waals surface area contributed by atoms with E-state index in [2.05, 4.69) is 36.6 Å². The molecule has 1 atom stereocenters. The molecule has 36 heavy (non-hydrogen) atoms. The largest absolute Gasteiger partial charge is 0.387 e. The molecule has 0 radical (unpaired) electrons. The van der Waals surface area contributed by atoms with E-state index in [0.29, 0.717) is 54.2 Å². The summed E-state index contributed by atoms with van der Waals surface area (Å²) in [5.74, 6) is -0.333. The SMILES string of the molecule is CCc1cc(NC(=O)NS(=O)c2ccc(Cl)s2)ccc1N(C)C(=O)c1cc(Br)c(NC)cc1NC=O. The standard InChI is InChI=1S/C23H23BrClN5O4S2/c1-4-13-9-14(28-23(33)29-36(34)21-8-7-20(25)35-21)5-6-19(13)30(3)22(32)15-10-16(24)18(26-2)11-17(15)27-12-31/h5-12,26H,4H2,1-3H3,(H,27,31)(H2,28,29,33). The fraction of sp³-hybridized carbons (Fsp3) is 0.174. The van der Waals surface area contributed by atoms with Crippen LogP contribution in [0.5, 0.6) is 0 Å². The maximum atomic E-state index is 13.4. The number of aryl methyl sites for hydroxylation is 1. The van der Waals surface area contributed by atoms with Crippen molar-refractivity contribution in [1.29, 1.82) is 0 Å². The average Bonchev–Trinajstić information content (AvgIpc) is 3.30. The van der Waals surface area contributed by atoms with Crippen molar-refractivity contribution < 1.29 is 18.6 Å². The third-order valence-electron chi connectivity index (χ3n) is 5.12. The summed E-state index contributed by atoms with van der Waals surface area (Å²) in [6.45, 7) is 1.92. The van der Waals surface area contributed by atoms with Gasteiger partial charge in [0, 0.05) is 29.9 Å². The molecular weight excluding hydrogens is 590 g/mol. The number of benzene rings is 2. The van der Waals surface area contributed by atoms with Gasteiger partial charge in [-0.2, -0.15) is 0 Å². The normalized spacial score (nSPS) is 11.4. The lowest BCUT2D eigenvalue weighted by Gasteiger charge is -2.23. The van der Waals surface area contributed by atoms with Crippen molar-refractivity contribution in [3.05, 3.63) is 62.4 Å². The van der Waals surface area contributed by atoms with Crippen LogP contribution >= 0.6 is 38.9 Å². The number of thiophene rings is 1. The van der Waals surface area contributed by atoms with E-state index in [1.807, 2.05) is 6.92 Å². The second kappa shape index (κ2) is 12.3. The van der Waals surface area contributed by atoms with Gasteiger partial charge in [-0.15, -0.1) is 11.3 Å². The molecule has 13 heteroatoms. The lowest BCUT2D eigenvalue weighted by molar-refractivity contribution is -0.105. The van der Waals surface area contributed by atoms with Gasteiger partial charge < -0.3 is 20.9 Å². The van der Waals surface area contributed by atoms with E-state index < -0.39 is 17.0 Å². The molecule has 190 valence electrons. The Balaban J connectivity index is 1.80. The van der Waals surface area contributed by atoms with Crippen molar-refractivity contribution in [3.8, 4) is 0 Å². The van der Waals surface area contributed by atoms with Crippen LogP contribution < -0.4 is 25.6 Å². The van der Waals surface area contributed by atoms with E-state index >= 15 is 0 Å². The number of anilines is 4. The maximum absolute atomic E-state index is 13.4. The van der Waals surface area contributed by atoms with E-state index in [1.165, 1.54) is 4.90 Å². The maximum Gasteiger partial charge on any atom is 0.331 e. The Kier molecular flexibility index (Phi) is 9.49. The number of carbonyl (C=O) groups excluding carboxylic acids is 3. The number of nitrogens with zero attached hydrogens (tertiary/aromatic N) is 1. The molecule has 0 spiro atoms. The summed E-state index contributed by atoms with van der Waals surface area (Å²) < 4.78 is 16.2. The number of hydrogen-bond acceptors (Lipinski definition) is 6. The first kappa shape index (κ1) is 27.7. The number of carbonyl (C=O) groups is 3. The van der Waals surface area contributed by atoms with Crippen LogP contribution in [0.25, 0.3) is 0 Å². The minimum absolute atomic E-state index is 0.301. The number of halogens is 2. The molecule has 4 N–H and O–H groups in total. The Morgan fingerprint density at radius 3 is 2.53 bits per heavy atom. The Labute approximate surface area is 228 Å². The molecular formula is C23H23BrClN5O4S2. The fourth-order valence-electron chi connectivity index (χ4n) is 3.38. The minimum atomic E-state index is -1.74. The van der Waals surface area contributed by atoms with Crippen LogP contribution in [0.1, 0.15) is 22.8 Å². The molecule has 1 heterocycles. The molecule has 0 aliphatic carbocycles. The van der Waals surface area contributed by atoms with Crippen LogP contribution in [0, 0.1) is 0 Å². The number of urea groups is 1. The van der Waals surface area contributed by atoms with E-state index in [1.54, 1.807) is 56.6 Å². The fourth-order valence-corrected chi connectivity index (χ4v) is 6.04. The van der Waals surface area contributed by atoms with E-state index in [4.69, 9.17) is 11.6 Å². The van der Waals surface area contributed by atoms with E-state index in [-0.39, 0.29) is 5.91 Å². The van der Waals surface area contributed by atoms with Gasteiger partial charge in [0.25, 0.3) is 5.91 Å². The second-order valence-electron chi connectivity index (χ2n) is 7.33. The molecule has 0 aliphatic heterocycles. The molecule has 0 saturated carbocycles. The summed E-state index contributed by atoms with van der Waals surface area (Å²) in [7, 11) is 1.63. The smallest absolute Gasteiger partial charge is 0.331 e. The van der Waals surface area contributed by atoms with Crippen LogP contribution in [0.3, 0.4) is 0 Å². The van der Waals surface area contributed by atoms with E-state index in [0.717, 1.165) is 16.9 Å². The molecule has 1 aromatic heterocycles. The van der Waals surface area contributed by atoms with Crippen molar-refractivity contribution in [2.45, 2.75) is 17.6 Å². The Bertz CT molecular complexity index is 1330. The zero-order valence-corrected chi connectivity index (χ0v) is 23.5. The molecule has 0 saturated heterocycles. The highest BCUT2D eigenvalue weighted by Gasteiger charge is 2.21. The Hall–Kier alpha value is -2.93.